The number of aromatic nitrogens is 4. The standard InChI is InChI=1S/C23H21N5O2.2H2/c1-14-21(19-12-17(28-30-19)15-7-5-4-6-8-15)27-18(13-26-14)16-9-10-25-20(11-16)23(2,3)22(24)29;;/h4-13H,1-3H3,(H2,24,29);2*1H. The van der Waals surface area contributed by atoms with E-state index >= 15 is 0 Å². The highest BCUT2D eigenvalue weighted by Gasteiger charge is 2.29. The minimum Gasteiger partial charge on any atom is -0.369 e. The predicted octanol–water partition coefficient (Wildman–Crippen LogP) is 4.42. The highest BCUT2D eigenvalue weighted by molar-refractivity contribution is 5.85. The largest absolute Gasteiger partial charge is 0.369 e. The molecule has 0 bridgehead atoms. The summed E-state index contributed by atoms with van der Waals surface area (Å²) in [5, 5.41) is 4.17. The highest BCUT2D eigenvalue weighted by Crippen LogP contribution is 2.29. The lowest BCUT2D eigenvalue weighted by atomic mass is 9.87. The summed E-state index contributed by atoms with van der Waals surface area (Å²) >= 11 is 0. The lowest BCUT2D eigenvalue weighted by molar-refractivity contribution is -0.122. The van der Waals surface area contributed by atoms with Crippen molar-refractivity contribution in [1.29, 1.82) is 0 Å². The zero-order valence-corrected chi connectivity index (χ0v) is 17.0. The first-order chi connectivity index (χ1) is 14.4. The Hall–Kier alpha value is -3.87. The average Bonchev–Trinajstić information content (AvgIpc) is 3.25. The van der Waals surface area contributed by atoms with E-state index < -0.39 is 11.3 Å². The van der Waals surface area contributed by atoms with Crippen LogP contribution in [-0.4, -0.2) is 26.0 Å². The quantitative estimate of drug-likeness (QED) is 0.528. The molecular weight excluding hydrogens is 378 g/mol. The number of nitrogens with two attached hydrogens (primary N) is 1. The molecule has 30 heavy (non-hydrogen) atoms. The molecule has 3 aromatic heterocycles. The summed E-state index contributed by atoms with van der Waals surface area (Å²) in [5.41, 5.74) is 9.65. The number of benzene rings is 1. The molecule has 0 radical (unpaired) electrons. The third kappa shape index (κ3) is 3.57. The van der Waals surface area contributed by atoms with E-state index in [0.717, 1.165) is 22.5 Å². The molecule has 4 rings (SSSR count). The van der Waals surface area contributed by atoms with E-state index in [9.17, 15) is 4.79 Å². The van der Waals surface area contributed by atoms with Crippen molar-refractivity contribution in [2.45, 2.75) is 26.2 Å². The molecule has 0 aliphatic heterocycles. The fourth-order valence-electron chi connectivity index (χ4n) is 3.01. The summed E-state index contributed by atoms with van der Waals surface area (Å²) in [7, 11) is 0. The summed E-state index contributed by atoms with van der Waals surface area (Å²) in [6.45, 7) is 5.35. The van der Waals surface area contributed by atoms with Crippen molar-refractivity contribution in [3.8, 4) is 34.0 Å². The van der Waals surface area contributed by atoms with Crippen LogP contribution in [0, 0.1) is 6.92 Å². The number of amides is 1. The average molecular weight is 403 g/mol. The highest BCUT2D eigenvalue weighted by atomic mass is 16.5. The van der Waals surface area contributed by atoms with Gasteiger partial charge in [0.2, 0.25) is 5.91 Å². The van der Waals surface area contributed by atoms with E-state index in [-0.39, 0.29) is 2.85 Å². The van der Waals surface area contributed by atoms with Gasteiger partial charge in [-0.2, -0.15) is 0 Å². The Labute approximate surface area is 177 Å². The molecule has 0 atom stereocenters. The Morgan fingerprint density at radius 2 is 1.80 bits per heavy atom. The van der Waals surface area contributed by atoms with E-state index in [1.807, 2.05) is 55.5 Å². The molecule has 154 valence electrons. The van der Waals surface area contributed by atoms with Crippen molar-refractivity contribution in [1.82, 2.24) is 20.1 Å². The zero-order chi connectivity index (χ0) is 21.3. The number of carbonyl (C=O) groups excluding carboxylic acids is 1. The second-order valence-electron chi connectivity index (χ2n) is 7.55. The molecular formula is C23H25N5O2. The van der Waals surface area contributed by atoms with Crippen LogP contribution in [0.3, 0.4) is 0 Å². The first-order valence-electron chi connectivity index (χ1n) is 9.49. The van der Waals surface area contributed by atoms with Gasteiger partial charge < -0.3 is 10.3 Å². The van der Waals surface area contributed by atoms with Gasteiger partial charge in [-0.3, -0.25) is 14.8 Å². The molecule has 4 aromatic rings. The summed E-state index contributed by atoms with van der Waals surface area (Å²) < 4.78 is 5.56. The Morgan fingerprint density at radius 3 is 2.53 bits per heavy atom. The minimum atomic E-state index is -0.896. The van der Waals surface area contributed by atoms with Crippen LogP contribution in [0.4, 0.5) is 0 Å². The van der Waals surface area contributed by atoms with Gasteiger partial charge >= 0.3 is 0 Å². The van der Waals surface area contributed by atoms with Gasteiger partial charge in [-0.25, -0.2) is 4.98 Å². The van der Waals surface area contributed by atoms with E-state index in [1.165, 1.54) is 0 Å². The van der Waals surface area contributed by atoms with Crippen LogP contribution in [-0.2, 0) is 10.2 Å². The summed E-state index contributed by atoms with van der Waals surface area (Å²) in [6.07, 6.45) is 3.32. The molecule has 0 aliphatic rings. The monoisotopic (exact) mass is 403 g/mol. The van der Waals surface area contributed by atoms with Crippen LogP contribution in [0.15, 0.2) is 65.4 Å². The van der Waals surface area contributed by atoms with E-state index in [1.54, 1.807) is 26.2 Å². The van der Waals surface area contributed by atoms with Crippen LogP contribution < -0.4 is 5.73 Å². The molecule has 2 N–H and O–H groups in total. The topological polar surface area (TPSA) is 108 Å². The SMILES string of the molecule is Cc1ncc(-c2ccnc(C(C)(C)C(N)=O)c2)nc1-c1cc(-c2ccccc2)no1.[HH].[HH]. The number of carbonyl (C=O) groups is 1. The molecule has 3 heterocycles. The van der Waals surface area contributed by atoms with Gasteiger partial charge in [-0.05, 0) is 32.9 Å². The van der Waals surface area contributed by atoms with Crippen LogP contribution in [0.2, 0.25) is 0 Å². The Bertz CT molecular complexity index is 1230. The summed E-state index contributed by atoms with van der Waals surface area (Å²) in [6, 6.07) is 15.3. The number of primary amides is 1. The smallest absolute Gasteiger partial charge is 0.229 e. The Morgan fingerprint density at radius 1 is 1.03 bits per heavy atom. The summed E-state index contributed by atoms with van der Waals surface area (Å²) in [4.78, 5) is 25.3. The maximum Gasteiger partial charge on any atom is 0.229 e. The zero-order valence-electron chi connectivity index (χ0n) is 17.0. The Kier molecular flexibility index (Phi) is 4.87. The number of aryl methyl sites for hydroxylation is 1. The van der Waals surface area contributed by atoms with Crippen LogP contribution in [0.1, 0.15) is 28.1 Å². The van der Waals surface area contributed by atoms with Gasteiger partial charge in [0.1, 0.15) is 11.4 Å². The minimum absolute atomic E-state index is 0. The van der Waals surface area contributed by atoms with Crippen LogP contribution >= 0.6 is 0 Å². The normalized spacial score (nSPS) is 11.4. The number of rotatable bonds is 5. The molecule has 0 fully saturated rings. The molecule has 7 nitrogen and oxygen atoms in total. The second kappa shape index (κ2) is 7.51. The van der Waals surface area contributed by atoms with Crippen LogP contribution in [0.25, 0.3) is 34.0 Å². The second-order valence-corrected chi connectivity index (χ2v) is 7.55. The molecule has 1 aromatic carbocycles. The predicted molar refractivity (Wildman–Crippen MR) is 117 cm³/mol. The first kappa shape index (κ1) is 19.4. The maximum absolute atomic E-state index is 11.8. The third-order valence-electron chi connectivity index (χ3n) is 5.08. The lowest BCUT2D eigenvalue weighted by Crippen LogP contribution is -2.36. The molecule has 0 spiro atoms. The van der Waals surface area contributed by atoms with E-state index in [0.29, 0.717) is 22.8 Å². The number of nitrogens with zero attached hydrogens (tertiary/aromatic N) is 4. The molecule has 0 aliphatic carbocycles. The Balaban J connectivity index is 0.00000181. The molecule has 7 heteroatoms. The van der Waals surface area contributed by atoms with Gasteiger partial charge in [0.15, 0.2) is 5.76 Å². The fourth-order valence-corrected chi connectivity index (χ4v) is 3.01. The van der Waals surface area contributed by atoms with Crippen molar-refractivity contribution in [2.24, 2.45) is 5.73 Å². The van der Waals surface area contributed by atoms with Crippen molar-refractivity contribution < 1.29 is 12.2 Å². The summed E-state index contributed by atoms with van der Waals surface area (Å²) in [5.74, 6) is 0.0883. The van der Waals surface area contributed by atoms with Crippen molar-refractivity contribution in [2.75, 3.05) is 0 Å². The third-order valence-corrected chi connectivity index (χ3v) is 5.08. The van der Waals surface area contributed by atoms with Gasteiger partial charge in [0.25, 0.3) is 0 Å². The fraction of sp³-hybridized carbons (Fsp3) is 0.174. The maximum atomic E-state index is 11.8. The van der Waals surface area contributed by atoms with Gasteiger partial charge in [-0.1, -0.05) is 35.5 Å². The van der Waals surface area contributed by atoms with Crippen molar-refractivity contribution >= 4 is 5.91 Å². The molecule has 0 saturated heterocycles. The number of hydrogen-bond acceptors (Lipinski definition) is 6. The van der Waals surface area contributed by atoms with Gasteiger partial charge in [0, 0.05) is 26.2 Å². The molecule has 1 amide bonds. The van der Waals surface area contributed by atoms with E-state index in [2.05, 4.69) is 15.1 Å². The van der Waals surface area contributed by atoms with Crippen molar-refractivity contribution in [3.05, 3.63) is 72.3 Å². The first-order valence-corrected chi connectivity index (χ1v) is 9.49. The molecule has 0 saturated carbocycles. The van der Waals surface area contributed by atoms with Crippen molar-refractivity contribution in [3.63, 3.8) is 0 Å². The van der Waals surface area contributed by atoms with Crippen LogP contribution in [0.5, 0.6) is 0 Å². The number of hydrogen-bond donors (Lipinski definition) is 1. The molecule has 0 unspecified atom stereocenters. The van der Waals surface area contributed by atoms with Gasteiger partial charge in [-0.15, -0.1) is 0 Å². The van der Waals surface area contributed by atoms with Gasteiger partial charge in [0.05, 0.1) is 28.7 Å². The lowest BCUT2D eigenvalue weighted by Gasteiger charge is -2.20. The number of pyridine rings is 1. The van der Waals surface area contributed by atoms with E-state index in [4.69, 9.17) is 15.2 Å².